The molecule has 2 amide bonds. The summed E-state index contributed by atoms with van der Waals surface area (Å²) in [5.41, 5.74) is 4.31. The lowest BCUT2D eigenvalue weighted by Gasteiger charge is -2.09. The normalized spacial score (nSPS) is 11.2. The maximum absolute atomic E-state index is 12.3. The summed E-state index contributed by atoms with van der Waals surface area (Å²) in [5, 5.41) is 10.1. The van der Waals surface area contributed by atoms with E-state index < -0.39 is 6.36 Å². The average molecular weight is 496 g/mol. The van der Waals surface area contributed by atoms with Crippen molar-refractivity contribution in [3.8, 4) is 22.8 Å². The van der Waals surface area contributed by atoms with Crippen LogP contribution in [0.4, 0.5) is 23.7 Å². The van der Waals surface area contributed by atoms with Crippen molar-refractivity contribution in [2.75, 3.05) is 11.9 Å². The summed E-state index contributed by atoms with van der Waals surface area (Å²) in [6.07, 6.45) is -1.67. The van der Waals surface area contributed by atoms with E-state index in [1.807, 2.05) is 55.5 Å². The van der Waals surface area contributed by atoms with E-state index in [9.17, 15) is 18.0 Å². The fourth-order valence-electron chi connectivity index (χ4n) is 3.53. The minimum Gasteiger partial charge on any atom is -0.406 e. The lowest BCUT2D eigenvalue weighted by molar-refractivity contribution is -0.274. The van der Waals surface area contributed by atoms with Crippen LogP contribution >= 0.6 is 0 Å². The molecule has 0 aliphatic carbocycles. The van der Waals surface area contributed by atoms with E-state index in [1.54, 1.807) is 0 Å². The third kappa shape index (κ3) is 7.08. The number of halogens is 3. The van der Waals surface area contributed by atoms with Gasteiger partial charge in [0.05, 0.1) is 5.69 Å². The lowest BCUT2D eigenvalue weighted by atomic mass is 10.1. The molecule has 0 spiro atoms. The quantitative estimate of drug-likeness (QED) is 0.299. The Morgan fingerprint density at radius 1 is 1.03 bits per heavy atom. The second-order valence-electron chi connectivity index (χ2n) is 8.11. The number of hydrogen-bond donors (Lipinski definition) is 2. The molecule has 2 N–H and O–H groups in total. The van der Waals surface area contributed by atoms with Gasteiger partial charge in [0.15, 0.2) is 5.82 Å². The van der Waals surface area contributed by atoms with E-state index in [-0.39, 0.29) is 11.8 Å². The first kappa shape index (κ1) is 24.8. The van der Waals surface area contributed by atoms with Gasteiger partial charge in [-0.1, -0.05) is 36.4 Å². The number of aryl methyl sites for hydroxylation is 2. The molecular formula is C26H24F3N5O2. The average Bonchev–Trinajstić information content (AvgIpc) is 3.32. The summed E-state index contributed by atoms with van der Waals surface area (Å²) in [6, 6.07) is 20.5. The van der Waals surface area contributed by atoms with Crippen LogP contribution in [0, 0.1) is 6.92 Å². The van der Waals surface area contributed by atoms with Crippen molar-refractivity contribution in [1.29, 1.82) is 0 Å². The van der Waals surface area contributed by atoms with Gasteiger partial charge in [0.25, 0.3) is 0 Å². The Morgan fingerprint density at radius 2 is 1.78 bits per heavy atom. The van der Waals surface area contributed by atoms with Crippen LogP contribution in [0.1, 0.15) is 17.5 Å². The number of alkyl halides is 3. The predicted octanol–water partition coefficient (Wildman–Crippen LogP) is 5.90. The van der Waals surface area contributed by atoms with Crippen LogP contribution < -0.4 is 15.4 Å². The van der Waals surface area contributed by atoms with Crippen LogP contribution in [-0.4, -0.2) is 33.7 Å². The first-order chi connectivity index (χ1) is 17.2. The van der Waals surface area contributed by atoms with E-state index in [4.69, 9.17) is 0 Å². The van der Waals surface area contributed by atoms with Crippen molar-refractivity contribution in [3.63, 3.8) is 0 Å². The first-order valence-corrected chi connectivity index (χ1v) is 11.2. The van der Waals surface area contributed by atoms with E-state index in [0.717, 1.165) is 35.2 Å². The van der Waals surface area contributed by atoms with Crippen molar-refractivity contribution in [2.45, 2.75) is 26.1 Å². The summed E-state index contributed by atoms with van der Waals surface area (Å²) in [5.74, 6) is 0.191. The van der Waals surface area contributed by atoms with Crippen LogP contribution in [0.2, 0.25) is 0 Å². The third-order valence-corrected chi connectivity index (χ3v) is 5.24. The summed E-state index contributed by atoms with van der Waals surface area (Å²) in [7, 11) is 0. The Bertz CT molecular complexity index is 1300. The van der Waals surface area contributed by atoms with Gasteiger partial charge in [-0.25, -0.2) is 14.5 Å². The van der Waals surface area contributed by atoms with Crippen LogP contribution in [0.5, 0.6) is 5.75 Å². The maximum Gasteiger partial charge on any atom is 0.573 e. The molecule has 0 unspecified atom stereocenters. The molecule has 1 heterocycles. The number of benzene rings is 3. The SMILES string of the molecule is Cc1cccc(NC(=O)NCCCc2ccc(-c3ncn(-c4ccc(OC(F)(F)F)cc4)n3)cc2)c1. The second-order valence-corrected chi connectivity index (χ2v) is 8.11. The number of amides is 2. The van der Waals surface area contributed by atoms with E-state index in [2.05, 4.69) is 25.5 Å². The number of aromatic nitrogens is 3. The van der Waals surface area contributed by atoms with Gasteiger partial charge < -0.3 is 15.4 Å². The second kappa shape index (κ2) is 10.9. The Morgan fingerprint density at radius 3 is 2.47 bits per heavy atom. The number of carbonyl (C=O) groups excluding carboxylic acids is 1. The lowest BCUT2D eigenvalue weighted by Crippen LogP contribution is -2.29. The maximum atomic E-state index is 12.3. The Kier molecular flexibility index (Phi) is 7.53. The largest absolute Gasteiger partial charge is 0.573 e. The van der Waals surface area contributed by atoms with Gasteiger partial charge in [-0.3, -0.25) is 0 Å². The molecule has 186 valence electrons. The van der Waals surface area contributed by atoms with E-state index in [0.29, 0.717) is 18.1 Å². The summed E-state index contributed by atoms with van der Waals surface area (Å²) in [6.45, 7) is 2.51. The Balaban J connectivity index is 1.26. The van der Waals surface area contributed by atoms with Crippen molar-refractivity contribution in [1.82, 2.24) is 20.1 Å². The molecule has 0 saturated heterocycles. The number of nitrogens with zero attached hydrogens (tertiary/aromatic N) is 3. The zero-order chi connectivity index (χ0) is 25.5. The number of carbonyl (C=O) groups is 1. The predicted molar refractivity (Wildman–Crippen MR) is 130 cm³/mol. The molecule has 0 fully saturated rings. The molecule has 0 aliphatic rings. The molecule has 0 atom stereocenters. The van der Waals surface area contributed by atoms with Gasteiger partial charge in [-0.15, -0.1) is 18.3 Å². The Hall–Kier alpha value is -4.34. The van der Waals surface area contributed by atoms with Crippen LogP contribution in [0.15, 0.2) is 79.1 Å². The van der Waals surface area contributed by atoms with E-state index in [1.165, 1.54) is 35.3 Å². The molecule has 36 heavy (non-hydrogen) atoms. The summed E-state index contributed by atoms with van der Waals surface area (Å²) in [4.78, 5) is 16.3. The third-order valence-electron chi connectivity index (χ3n) is 5.24. The monoisotopic (exact) mass is 495 g/mol. The van der Waals surface area contributed by atoms with Crippen LogP contribution in [0.25, 0.3) is 17.1 Å². The number of hydrogen-bond acceptors (Lipinski definition) is 4. The number of nitrogens with one attached hydrogen (secondary N) is 2. The highest BCUT2D eigenvalue weighted by atomic mass is 19.4. The van der Waals surface area contributed by atoms with Crippen molar-refractivity contribution < 1.29 is 22.7 Å². The van der Waals surface area contributed by atoms with Crippen molar-refractivity contribution >= 4 is 11.7 Å². The molecule has 0 radical (unpaired) electrons. The van der Waals surface area contributed by atoms with Crippen molar-refractivity contribution in [3.05, 3.63) is 90.3 Å². The molecular weight excluding hydrogens is 471 g/mol. The molecule has 0 aliphatic heterocycles. The minimum atomic E-state index is -4.74. The summed E-state index contributed by atoms with van der Waals surface area (Å²) < 4.78 is 42.3. The smallest absolute Gasteiger partial charge is 0.406 e. The van der Waals surface area contributed by atoms with Gasteiger partial charge in [0.1, 0.15) is 12.1 Å². The molecule has 4 rings (SSSR count). The zero-order valence-corrected chi connectivity index (χ0v) is 19.4. The van der Waals surface area contributed by atoms with E-state index >= 15 is 0 Å². The number of ether oxygens (including phenoxy) is 1. The molecule has 4 aromatic rings. The molecule has 7 nitrogen and oxygen atoms in total. The van der Waals surface area contributed by atoms with Gasteiger partial charge in [0, 0.05) is 17.8 Å². The van der Waals surface area contributed by atoms with Crippen LogP contribution in [-0.2, 0) is 6.42 Å². The standard InChI is InChI=1S/C26H24F3N5O2/c1-18-4-2-6-21(16-18)32-25(35)30-15-3-5-19-7-9-20(10-8-19)24-31-17-34(33-24)22-11-13-23(14-12-22)36-26(27,28)29/h2,4,6-14,16-17H,3,5,15H2,1H3,(H2,30,32,35). The molecule has 0 saturated carbocycles. The van der Waals surface area contributed by atoms with Gasteiger partial charge in [0.2, 0.25) is 0 Å². The molecule has 10 heteroatoms. The number of anilines is 1. The van der Waals surface area contributed by atoms with Crippen LogP contribution in [0.3, 0.4) is 0 Å². The number of rotatable bonds is 8. The molecule has 1 aromatic heterocycles. The van der Waals surface area contributed by atoms with Crippen molar-refractivity contribution in [2.24, 2.45) is 0 Å². The Labute approximate surface area is 205 Å². The fourth-order valence-corrected chi connectivity index (χ4v) is 3.53. The van der Waals surface area contributed by atoms with Gasteiger partial charge in [-0.2, -0.15) is 0 Å². The summed E-state index contributed by atoms with van der Waals surface area (Å²) >= 11 is 0. The topological polar surface area (TPSA) is 81.1 Å². The highest BCUT2D eigenvalue weighted by Gasteiger charge is 2.31. The minimum absolute atomic E-state index is 0.236. The zero-order valence-electron chi connectivity index (χ0n) is 19.4. The first-order valence-electron chi connectivity index (χ1n) is 11.2. The number of urea groups is 1. The highest BCUT2D eigenvalue weighted by molar-refractivity contribution is 5.89. The van der Waals surface area contributed by atoms with Gasteiger partial charge >= 0.3 is 12.4 Å². The highest BCUT2D eigenvalue weighted by Crippen LogP contribution is 2.24. The fraction of sp³-hybridized carbons (Fsp3) is 0.192. The molecule has 0 bridgehead atoms. The molecule has 3 aromatic carbocycles. The van der Waals surface area contributed by atoms with Gasteiger partial charge in [-0.05, 0) is 67.3 Å².